The van der Waals surface area contributed by atoms with E-state index < -0.39 is 12.3 Å². The van der Waals surface area contributed by atoms with Gasteiger partial charge in [-0.25, -0.2) is 0 Å². The van der Waals surface area contributed by atoms with Crippen LogP contribution in [0.4, 0.5) is 13.2 Å². The Labute approximate surface area is 147 Å². The number of para-hydroxylation sites is 1. The molecule has 132 valence electrons. The van der Waals surface area contributed by atoms with Crippen molar-refractivity contribution >= 4 is 5.91 Å². The number of hydrogen-bond acceptors (Lipinski definition) is 3. The highest BCUT2D eigenvalue weighted by Gasteiger charge is 2.32. The molecule has 7 heteroatoms. The molecule has 0 unspecified atom stereocenters. The third-order valence-electron chi connectivity index (χ3n) is 3.63. The summed E-state index contributed by atoms with van der Waals surface area (Å²) in [5, 5.41) is 0. The molecule has 3 aromatic rings. The first-order valence-electron chi connectivity index (χ1n) is 7.55. The standard InChI is InChI=1S/C19H13F3N2O2/c20-19(21,22)26-17-7-2-1-6-15(17)14-5-3-4-12(10-14)13-8-9-24-16(11-13)18(23)25/h1-11H,(H2,23,25). The van der Waals surface area contributed by atoms with Crippen LogP contribution < -0.4 is 10.5 Å². The molecule has 1 heterocycles. The molecule has 1 aromatic heterocycles. The molecule has 0 bridgehead atoms. The Hall–Kier alpha value is -3.35. The van der Waals surface area contributed by atoms with Crippen LogP contribution in [0, 0.1) is 0 Å². The summed E-state index contributed by atoms with van der Waals surface area (Å²) in [5.41, 5.74) is 7.56. The maximum atomic E-state index is 12.6. The maximum absolute atomic E-state index is 12.6. The summed E-state index contributed by atoms with van der Waals surface area (Å²) in [6, 6.07) is 16.0. The van der Waals surface area contributed by atoms with Crippen LogP contribution in [0.3, 0.4) is 0 Å². The summed E-state index contributed by atoms with van der Waals surface area (Å²) in [4.78, 5) is 15.2. The number of alkyl halides is 3. The zero-order valence-electron chi connectivity index (χ0n) is 13.3. The van der Waals surface area contributed by atoms with Gasteiger partial charge in [0.05, 0.1) is 0 Å². The van der Waals surface area contributed by atoms with Crippen molar-refractivity contribution in [2.24, 2.45) is 5.73 Å². The SMILES string of the molecule is NC(=O)c1cc(-c2cccc(-c3ccccc3OC(F)(F)F)c2)ccn1. The van der Waals surface area contributed by atoms with Gasteiger partial charge in [-0.05, 0) is 41.0 Å². The van der Waals surface area contributed by atoms with Crippen LogP contribution >= 0.6 is 0 Å². The van der Waals surface area contributed by atoms with Crippen LogP contribution in [0.25, 0.3) is 22.3 Å². The first kappa shape index (κ1) is 17.5. The molecule has 3 rings (SSSR count). The molecule has 2 N–H and O–H groups in total. The van der Waals surface area contributed by atoms with Crippen molar-refractivity contribution in [3.05, 3.63) is 72.6 Å². The number of amides is 1. The van der Waals surface area contributed by atoms with Crippen LogP contribution in [0.2, 0.25) is 0 Å². The van der Waals surface area contributed by atoms with E-state index in [9.17, 15) is 18.0 Å². The van der Waals surface area contributed by atoms with E-state index in [1.807, 2.05) is 0 Å². The average molecular weight is 358 g/mol. The highest BCUT2D eigenvalue weighted by atomic mass is 19.4. The zero-order chi connectivity index (χ0) is 18.7. The van der Waals surface area contributed by atoms with E-state index in [1.165, 1.54) is 24.4 Å². The minimum Gasteiger partial charge on any atom is -0.405 e. The van der Waals surface area contributed by atoms with Gasteiger partial charge >= 0.3 is 6.36 Å². The minimum absolute atomic E-state index is 0.105. The molecule has 0 aliphatic rings. The lowest BCUT2D eigenvalue weighted by molar-refractivity contribution is -0.274. The fourth-order valence-corrected chi connectivity index (χ4v) is 2.53. The third kappa shape index (κ3) is 4.00. The van der Waals surface area contributed by atoms with E-state index >= 15 is 0 Å². The summed E-state index contributed by atoms with van der Waals surface area (Å²) in [6.45, 7) is 0. The van der Waals surface area contributed by atoms with Gasteiger partial charge in [-0.3, -0.25) is 9.78 Å². The van der Waals surface area contributed by atoms with Gasteiger partial charge in [-0.1, -0.05) is 36.4 Å². The number of carbonyl (C=O) groups excluding carboxylic acids is 1. The number of carbonyl (C=O) groups is 1. The van der Waals surface area contributed by atoms with E-state index in [4.69, 9.17) is 5.73 Å². The lowest BCUT2D eigenvalue weighted by atomic mass is 9.98. The smallest absolute Gasteiger partial charge is 0.405 e. The number of pyridine rings is 1. The summed E-state index contributed by atoms with van der Waals surface area (Å²) >= 11 is 0. The number of benzene rings is 2. The molecule has 1 amide bonds. The van der Waals surface area contributed by atoms with Crippen molar-refractivity contribution < 1.29 is 22.7 Å². The minimum atomic E-state index is -4.78. The second-order valence-electron chi connectivity index (χ2n) is 5.42. The Bertz CT molecular complexity index is 955. The van der Waals surface area contributed by atoms with E-state index in [0.717, 1.165) is 0 Å². The summed E-state index contributed by atoms with van der Waals surface area (Å²) in [5.74, 6) is -0.948. The fraction of sp³-hybridized carbons (Fsp3) is 0.0526. The third-order valence-corrected chi connectivity index (χ3v) is 3.63. The largest absolute Gasteiger partial charge is 0.573 e. The summed E-state index contributed by atoms with van der Waals surface area (Å²) in [7, 11) is 0. The van der Waals surface area contributed by atoms with Crippen molar-refractivity contribution in [2.45, 2.75) is 6.36 Å². The second kappa shape index (κ2) is 6.87. The molecular weight excluding hydrogens is 345 g/mol. The van der Waals surface area contributed by atoms with E-state index in [0.29, 0.717) is 22.3 Å². The number of halogens is 3. The van der Waals surface area contributed by atoms with Crippen molar-refractivity contribution in [3.8, 4) is 28.0 Å². The van der Waals surface area contributed by atoms with Crippen molar-refractivity contribution in [1.82, 2.24) is 4.98 Å². The maximum Gasteiger partial charge on any atom is 0.573 e. The topological polar surface area (TPSA) is 65.2 Å². The number of nitrogens with zero attached hydrogens (tertiary/aromatic N) is 1. The van der Waals surface area contributed by atoms with Crippen molar-refractivity contribution in [2.75, 3.05) is 0 Å². The second-order valence-corrected chi connectivity index (χ2v) is 5.42. The van der Waals surface area contributed by atoms with Crippen molar-refractivity contribution in [1.29, 1.82) is 0 Å². The first-order valence-corrected chi connectivity index (χ1v) is 7.55. The molecule has 0 saturated heterocycles. The van der Waals surface area contributed by atoms with Crippen LogP contribution in [-0.4, -0.2) is 17.3 Å². The van der Waals surface area contributed by atoms with Crippen molar-refractivity contribution in [3.63, 3.8) is 0 Å². The quantitative estimate of drug-likeness (QED) is 0.751. The van der Waals surface area contributed by atoms with E-state index in [1.54, 1.807) is 42.5 Å². The monoisotopic (exact) mass is 358 g/mol. The number of aromatic nitrogens is 1. The van der Waals surface area contributed by atoms with Crippen LogP contribution in [0.5, 0.6) is 5.75 Å². The van der Waals surface area contributed by atoms with Gasteiger partial charge in [-0.15, -0.1) is 13.2 Å². The number of ether oxygens (including phenoxy) is 1. The van der Waals surface area contributed by atoms with Gasteiger partial charge in [0.2, 0.25) is 0 Å². The number of rotatable bonds is 4. The van der Waals surface area contributed by atoms with Gasteiger partial charge in [0, 0.05) is 11.8 Å². The van der Waals surface area contributed by atoms with E-state index in [-0.39, 0.29) is 11.4 Å². The number of primary amides is 1. The van der Waals surface area contributed by atoms with Crippen LogP contribution in [0.15, 0.2) is 66.9 Å². The first-order chi connectivity index (χ1) is 12.3. The molecule has 0 atom stereocenters. The Balaban J connectivity index is 2.04. The lowest BCUT2D eigenvalue weighted by Gasteiger charge is -2.14. The van der Waals surface area contributed by atoms with E-state index in [2.05, 4.69) is 9.72 Å². The lowest BCUT2D eigenvalue weighted by Crippen LogP contribution is -2.17. The predicted molar refractivity (Wildman–Crippen MR) is 90.3 cm³/mol. The Morgan fingerprint density at radius 2 is 1.62 bits per heavy atom. The van der Waals surface area contributed by atoms with Gasteiger partial charge in [0.1, 0.15) is 11.4 Å². The van der Waals surface area contributed by atoms with Gasteiger partial charge < -0.3 is 10.5 Å². The molecule has 0 aliphatic heterocycles. The molecule has 0 spiro atoms. The Morgan fingerprint density at radius 3 is 2.35 bits per heavy atom. The normalized spacial score (nSPS) is 11.2. The molecule has 0 saturated carbocycles. The predicted octanol–water partition coefficient (Wildman–Crippen LogP) is 4.41. The van der Waals surface area contributed by atoms with Crippen LogP contribution in [-0.2, 0) is 0 Å². The number of nitrogens with two attached hydrogens (primary N) is 1. The van der Waals surface area contributed by atoms with Gasteiger partial charge in [0.15, 0.2) is 0 Å². The van der Waals surface area contributed by atoms with Gasteiger partial charge in [-0.2, -0.15) is 0 Å². The fourth-order valence-electron chi connectivity index (χ4n) is 2.53. The molecule has 0 radical (unpaired) electrons. The number of hydrogen-bond donors (Lipinski definition) is 1. The Morgan fingerprint density at radius 1 is 0.923 bits per heavy atom. The highest BCUT2D eigenvalue weighted by molar-refractivity contribution is 5.92. The molecule has 4 nitrogen and oxygen atoms in total. The summed E-state index contributed by atoms with van der Waals surface area (Å²) < 4.78 is 42.0. The molecular formula is C19H13F3N2O2. The van der Waals surface area contributed by atoms with Gasteiger partial charge in [0.25, 0.3) is 5.91 Å². The molecule has 26 heavy (non-hydrogen) atoms. The van der Waals surface area contributed by atoms with Crippen LogP contribution in [0.1, 0.15) is 10.5 Å². The highest BCUT2D eigenvalue weighted by Crippen LogP contribution is 2.35. The average Bonchev–Trinajstić information content (AvgIpc) is 2.61. The summed E-state index contributed by atoms with van der Waals surface area (Å²) in [6.07, 6.45) is -3.34. The molecule has 2 aromatic carbocycles. The zero-order valence-corrected chi connectivity index (χ0v) is 13.3. The molecule has 0 aliphatic carbocycles. The Kier molecular flexibility index (Phi) is 4.62. The molecule has 0 fully saturated rings.